The number of benzene rings is 1. The van der Waals surface area contributed by atoms with Gasteiger partial charge in [0.15, 0.2) is 0 Å². The monoisotopic (exact) mass is 356 g/mol. The van der Waals surface area contributed by atoms with Crippen LogP contribution < -0.4 is 4.74 Å². The maximum atomic E-state index is 9.69. The molecule has 0 saturated carbocycles. The summed E-state index contributed by atoms with van der Waals surface area (Å²) in [6.45, 7) is 6.97. The van der Waals surface area contributed by atoms with Gasteiger partial charge in [-0.05, 0) is 55.7 Å². The summed E-state index contributed by atoms with van der Waals surface area (Å²) in [5.74, 6) is 1.86. The van der Waals surface area contributed by atoms with Crippen LogP contribution in [0.5, 0.6) is 5.75 Å². The molecule has 2 aliphatic heterocycles. The summed E-state index contributed by atoms with van der Waals surface area (Å²) in [4.78, 5) is 5.04. The summed E-state index contributed by atoms with van der Waals surface area (Å²) in [6, 6.07) is 6.72. The number of nitrogens with zero attached hydrogens (tertiary/aromatic N) is 2. The van der Waals surface area contributed by atoms with Crippen LogP contribution in [0, 0.1) is 5.92 Å². The average Bonchev–Trinajstić information content (AvgIpc) is 2.86. The van der Waals surface area contributed by atoms with Crippen molar-refractivity contribution >= 4 is 0 Å². The first-order chi connectivity index (χ1) is 12.8. The Morgan fingerprint density at radius 2 is 1.92 bits per heavy atom. The van der Waals surface area contributed by atoms with Crippen molar-refractivity contribution in [2.75, 3.05) is 32.8 Å². The summed E-state index contributed by atoms with van der Waals surface area (Å²) in [5, 5.41) is 9.69. The Balaban J connectivity index is 1.39. The molecule has 0 bridgehead atoms. The molecular weight excluding hydrogens is 324 g/mol. The Bertz CT molecular complexity index is 623. The number of hydrogen-bond acceptors (Lipinski definition) is 4. The first-order valence-electron chi connectivity index (χ1n) is 10.3. The molecule has 26 heavy (non-hydrogen) atoms. The molecule has 1 aromatic rings. The van der Waals surface area contributed by atoms with Gasteiger partial charge in [0.1, 0.15) is 12.4 Å². The third kappa shape index (κ3) is 4.67. The molecule has 1 aromatic carbocycles. The van der Waals surface area contributed by atoms with Crippen LogP contribution in [-0.2, 0) is 13.1 Å². The van der Waals surface area contributed by atoms with E-state index in [1.54, 1.807) is 0 Å². The smallest absolute Gasteiger partial charge is 0.123 e. The fourth-order valence-corrected chi connectivity index (χ4v) is 4.48. The van der Waals surface area contributed by atoms with Crippen molar-refractivity contribution in [3.63, 3.8) is 0 Å². The zero-order valence-electron chi connectivity index (χ0n) is 15.8. The highest BCUT2D eigenvalue weighted by Gasteiger charge is 2.21. The number of fused-ring (bicyclic) bond motifs is 1. The van der Waals surface area contributed by atoms with Gasteiger partial charge in [-0.15, -0.1) is 0 Å². The summed E-state index contributed by atoms with van der Waals surface area (Å²) < 4.78 is 6.02. The van der Waals surface area contributed by atoms with Gasteiger partial charge in [0.05, 0.1) is 6.10 Å². The van der Waals surface area contributed by atoms with Crippen LogP contribution in [-0.4, -0.2) is 53.8 Å². The van der Waals surface area contributed by atoms with Crippen molar-refractivity contribution in [3.05, 3.63) is 41.5 Å². The fraction of sp³-hybridized carbons (Fsp3) is 0.636. The Labute approximate surface area is 157 Å². The van der Waals surface area contributed by atoms with Crippen LogP contribution in [0.1, 0.15) is 43.2 Å². The lowest BCUT2D eigenvalue weighted by molar-refractivity contribution is 0.0792. The normalized spacial score (nSPS) is 25.5. The molecule has 0 amide bonds. The van der Waals surface area contributed by atoms with E-state index in [1.807, 2.05) is 0 Å². The van der Waals surface area contributed by atoms with Crippen LogP contribution in [0.25, 0.3) is 0 Å². The van der Waals surface area contributed by atoms with E-state index in [9.17, 15) is 5.11 Å². The number of likely N-dealkylation sites (tertiary alicyclic amines) is 1. The standard InChI is InChI=1S/C22H32N2O2/c25-21-8-10-23(11-9-21)16-19-6-7-22-20(14-19)17-24(12-13-26-22)15-18-4-2-1-3-5-18/h1-2,6-7,14,18,21,25H,3-5,8-13,15-17H2. The number of aliphatic hydroxyl groups excluding tert-OH is 1. The highest BCUT2D eigenvalue weighted by atomic mass is 16.5. The molecule has 1 unspecified atom stereocenters. The molecule has 1 saturated heterocycles. The SMILES string of the molecule is OC1CCN(Cc2ccc3c(c2)CN(CC2CC=CCC2)CCO3)CC1. The Morgan fingerprint density at radius 3 is 2.73 bits per heavy atom. The van der Waals surface area contributed by atoms with Gasteiger partial charge >= 0.3 is 0 Å². The van der Waals surface area contributed by atoms with E-state index in [-0.39, 0.29) is 6.10 Å². The van der Waals surface area contributed by atoms with Crippen molar-refractivity contribution in [1.29, 1.82) is 0 Å². The summed E-state index contributed by atoms with van der Waals surface area (Å²) in [5.41, 5.74) is 2.70. The van der Waals surface area contributed by atoms with E-state index in [0.29, 0.717) is 0 Å². The van der Waals surface area contributed by atoms with Crippen LogP contribution in [0.2, 0.25) is 0 Å². The minimum Gasteiger partial charge on any atom is -0.492 e. The molecule has 3 aliphatic rings. The van der Waals surface area contributed by atoms with E-state index in [0.717, 1.165) is 63.8 Å². The van der Waals surface area contributed by atoms with Crippen molar-refractivity contribution < 1.29 is 9.84 Å². The number of aliphatic hydroxyl groups is 1. The molecule has 1 aliphatic carbocycles. The predicted molar refractivity (Wildman–Crippen MR) is 104 cm³/mol. The molecule has 0 radical (unpaired) electrons. The predicted octanol–water partition coefficient (Wildman–Crippen LogP) is 3.19. The maximum absolute atomic E-state index is 9.69. The number of ether oxygens (including phenoxy) is 1. The number of rotatable bonds is 4. The molecular formula is C22H32N2O2. The Hall–Kier alpha value is -1.36. The van der Waals surface area contributed by atoms with Crippen LogP contribution in [0.4, 0.5) is 0 Å². The van der Waals surface area contributed by atoms with Crippen molar-refractivity contribution in [1.82, 2.24) is 9.80 Å². The summed E-state index contributed by atoms with van der Waals surface area (Å²) in [6.07, 6.45) is 10.2. The second kappa shape index (κ2) is 8.55. The van der Waals surface area contributed by atoms with Crippen molar-refractivity contribution in [2.24, 2.45) is 5.92 Å². The zero-order valence-corrected chi connectivity index (χ0v) is 15.8. The van der Waals surface area contributed by atoms with Crippen LogP contribution in [0.15, 0.2) is 30.4 Å². The fourth-order valence-electron chi connectivity index (χ4n) is 4.48. The molecule has 0 spiro atoms. The summed E-state index contributed by atoms with van der Waals surface area (Å²) in [7, 11) is 0. The van der Waals surface area contributed by atoms with Gasteiger partial charge < -0.3 is 9.84 Å². The van der Waals surface area contributed by atoms with Gasteiger partial charge in [-0.1, -0.05) is 18.2 Å². The van der Waals surface area contributed by atoms with Gasteiger partial charge in [0, 0.05) is 44.8 Å². The third-order valence-corrected chi connectivity index (χ3v) is 6.04. The van der Waals surface area contributed by atoms with E-state index in [1.165, 1.54) is 36.9 Å². The molecule has 4 heteroatoms. The zero-order chi connectivity index (χ0) is 17.8. The van der Waals surface area contributed by atoms with E-state index >= 15 is 0 Å². The number of piperidine rings is 1. The van der Waals surface area contributed by atoms with E-state index in [2.05, 4.69) is 40.2 Å². The third-order valence-electron chi connectivity index (χ3n) is 6.04. The molecule has 1 N–H and O–H groups in total. The first-order valence-corrected chi connectivity index (χ1v) is 10.3. The van der Waals surface area contributed by atoms with Gasteiger partial charge in [-0.25, -0.2) is 0 Å². The van der Waals surface area contributed by atoms with Crippen LogP contribution >= 0.6 is 0 Å². The van der Waals surface area contributed by atoms with Gasteiger partial charge in [-0.2, -0.15) is 0 Å². The molecule has 142 valence electrons. The minimum atomic E-state index is -0.102. The largest absolute Gasteiger partial charge is 0.492 e. The van der Waals surface area contributed by atoms with Gasteiger partial charge in [-0.3, -0.25) is 9.80 Å². The lowest BCUT2D eigenvalue weighted by atomic mass is 9.94. The first kappa shape index (κ1) is 18.0. The number of hydrogen-bond donors (Lipinski definition) is 1. The quantitative estimate of drug-likeness (QED) is 0.841. The van der Waals surface area contributed by atoms with Crippen molar-refractivity contribution in [3.8, 4) is 5.75 Å². The minimum absolute atomic E-state index is 0.102. The second-order valence-corrected chi connectivity index (χ2v) is 8.18. The summed E-state index contributed by atoms with van der Waals surface area (Å²) >= 11 is 0. The molecule has 1 atom stereocenters. The molecule has 2 heterocycles. The Kier molecular flexibility index (Phi) is 5.93. The lowest BCUT2D eigenvalue weighted by Gasteiger charge is -2.29. The topological polar surface area (TPSA) is 35.9 Å². The maximum Gasteiger partial charge on any atom is 0.123 e. The van der Waals surface area contributed by atoms with Gasteiger partial charge in [0.25, 0.3) is 0 Å². The lowest BCUT2D eigenvalue weighted by Crippen LogP contribution is -2.35. The highest BCUT2D eigenvalue weighted by molar-refractivity contribution is 5.38. The van der Waals surface area contributed by atoms with Crippen molar-refractivity contribution in [2.45, 2.75) is 51.3 Å². The molecule has 4 rings (SSSR count). The molecule has 1 fully saturated rings. The Morgan fingerprint density at radius 1 is 1.04 bits per heavy atom. The van der Waals surface area contributed by atoms with Crippen LogP contribution in [0.3, 0.4) is 0 Å². The van der Waals surface area contributed by atoms with E-state index in [4.69, 9.17) is 4.74 Å². The molecule has 0 aromatic heterocycles. The molecule has 4 nitrogen and oxygen atoms in total. The highest BCUT2D eigenvalue weighted by Crippen LogP contribution is 2.27. The number of allylic oxidation sites excluding steroid dienone is 2. The average molecular weight is 357 g/mol. The second-order valence-electron chi connectivity index (χ2n) is 8.18. The van der Waals surface area contributed by atoms with E-state index < -0.39 is 0 Å². The van der Waals surface area contributed by atoms with Gasteiger partial charge in [0.2, 0.25) is 0 Å².